The van der Waals surface area contributed by atoms with Crippen LogP contribution in [-0.2, 0) is 6.18 Å². The summed E-state index contributed by atoms with van der Waals surface area (Å²) in [6, 6.07) is 9.42. The minimum absolute atomic E-state index is 0.0749. The highest BCUT2D eigenvalue weighted by Gasteiger charge is 2.57. The third-order valence-corrected chi connectivity index (χ3v) is 5.80. The van der Waals surface area contributed by atoms with Crippen LogP contribution >= 0.6 is 0 Å². The molecule has 0 amide bonds. The number of rotatable bonds is 2. The number of hydrogen-bond donors (Lipinski definition) is 1. The summed E-state index contributed by atoms with van der Waals surface area (Å²) < 4.78 is 41.4. The van der Waals surface area contributed by atoms with Gasteiger partial charge in [-0.2, -0.15) is 29.0 Å². The SMILES string of the molecule is CCN1C=CC2=C(C#N)[C@H](N)C(C#N)(C#N)[C@@H](c3ccccc3C(F)(F)F)[C@H]2C1. The molecule has 1 aromatic carbocycles. The van der Waals surface area contributed by atoms with Crippen LogP contribution in [0.3, 0.4) is 0 Å². The number of alkyl halides is 3. The molecule has 8 heteroatoms. The number of nitrogens with two attached hydrogens (primary N) is 1. The molecule has 0 saturated heterocycles. The lowest BCUT2D eigenvalue weighted by Crippen LogP contribution is -2.54. The zero-order chi connectivity index (χ0) is 21.4. The number of allylic oxidation sites excluding steroid dienone is 1. The third-order valence-electron chi connectivity index (χ3n) is 5.80. The third kappa shape index (κ3) is 3.05. The number of benzene rings is 1. The maximum absolute atomic E-state index is 13.8. The molecular formula is C21H18F3N5. The number of fused-ring (bicyclic) bond motifs is 1. The van der Waals surface area contributed by atoms with Crippen LogP contribution in [0.2, 0.25) is 0 Å². The van der Waals surface area contributed by atoms with Crippen molar-refractivity contribution in [3.63, 3.8) is 0 Å². The van der Waals surface area contributed by atoms with Gasteiger partial charge in [-0.3, -0.25) is 0 Å². The van der Waals surface area contributed by atoms with E-state index < -0.39 is 35.0 Å². The first-order chi connectivity index (χ1) is 13.7. The van der Waals surface area contributed by atoms with E-state index in [4.69, 9.17) is 5.73 Å². The molecule has 29 heavy (non-hydrogen) atoms. The Labute approximate surface area is 166 Å². The highest BCUT2D eigenvalue weighted by atomic mass is 19.4. The van der Waals surface area contributed by atoms with Gasteiger partial charge in [0.05, 0.1) is 35.4 Å². The molecule has 148 valence electrons. The lowest BCUT2D eigenvalue weighted by molar-refractivity contribution is -0.138. The first-order valence-electron chi connectivity index (χ1n) is 9.05. The molecule has 0 spiro atoms. The highest BCUT2D eigenvalue weighted by Crippen LogP contribution is 2.54. The Morgan fingerprint density at radius 1 is 1.21 bits per heavy atom. The summed E-state index contributed by atoms with van der Waals surface area (Å²) in [4.78, 5) is 1.88. The molecule has 0 aromatic heterocycles. The van der Waals surface area contributed by atoms with E-state index in [9.17, 15) is 29.0 Å². The maximum atomic E-state index is 13.8. The van der Waals surface area contributed by atoms with E-state index in [1.54, 1.807) is 12.3 Å². The summed E-state index contributed by atoms with van der Waals surface area (Å²) in [5, 5.41) is 29.6. The van der Waals surface area contributed by atoms with Gasteiger partial charge < -0.3 is 10.6 Å². The van der Waals surface area contributed by atoms with Gasteiger partial charge in [0.15, 0.2) is 5.41 Å². The fourth-order valence-electron chi connectivity index (χ4n) is 4.37. The quantitative estimate of drug-likeness (QED) is 0.824. The molecule has 0 saturated carbocycles. The maximum Gasteiger partial charge on any atom is 0.416 e. The van der Waals surface area contributed by atoms with Crippen molar-refractivity contribution in [3.8, 4) is 18.2 Å². The van der Waals surface area contributed by atoms with Crippen molar-refractivity contribution in [1.82, 2.24) is 4.90 Å². The lowest BCUT2D eigenvalue weighted by atomic mass is 9.55. The Morgan fingerprint density at radius 3 is 2.41 bits per heavy atom. The second-order valence-corrected chi connectivity index (χ2v) is 7.12. The smallest absolute Gasteiger partial charge is 0.377 e. The second kappa shape index (κ2) is 7.28. The van der Waals surface area contributed by atoms with Gasteiger partial charge in [0, 0.05) is 24.9 Å². The van der Waals surface area contributed by atoms with Crippen molar-refractivity contribution in [2.75, 3.05) is 13.1 Å². The molecule has 2 N–H and O–H groups in total. The van der Waals surface area contributed by atoms with E-state index in [2.05, 4.69) is 0 Å². The molecule has 0 fully saturated rings. The zero-order valence-electron chi connectivity index (χ0n) is 15.6. The molecular weight excluding hydrogens is 379 g/mol. The van der Waals surface area contributed by atoms with Crippen LogP contribution in [0.15, 0.2) is 47.7 Å². The summed E-state index contributed by atoms with van der Waals surface area (Å²) in [6.07, 6.45) is -1.24. The summed E-state index contributed by atoms with van der Waals surface area (Å²) >= 11 is 0. The Hall–Kier alpha value is -3.28. The van der Waals surface area contributed by atoms with Crippen LogP contribution in [0.25, 0.3) is 0 Å². The zero-order valence-corrected chi connectivity index (χ0v) is 15.6. The normalized spacial score (nSPS) is 25.6. The van der Waals surface area contributed by atoms with Crippen LogP contribution < -0.4 is 5.73 Å². The Balaban J connectivity index is 2.37. The van der Waals surface area contributed by atoms with E-state index in [1.165, 1.54) is 18.2 Å². The fourth-order valence-corrected chi connectivity index (χ4v) is 4.37. The van der Waals surface area contributed by atoms with Crippen LogP contribution in [0.1, 0.15) is 24.0 Å². The molecule has 1 aliphatic heterocycles. The molecule has 3 atom stereocenters. The standard InChI is InChI=1S/C21H18F3N5/c1-2-29-8-7-13-15(9-25)19(28)20(11-26,12-27)18(16(13)10-29)14-5-3-4-6-17(14)21(22,23)24/h3-8,16,18-19H,2,10,28H2,1H3/t16-,18-,19-/m0/s1. The molecule has 0 radical (unpaired) electrons. The van der Waals surface area contributed by atoms with Gasteiger partial charge in [0.1, 0.15) is 0 Å². The molecule has 0 unspecified atom stereocenters. The average Bonchev–Trinajstić information content (AvgIpc) is 2.72. The van der Waals surface area contributed by atoms with Crippen molar-refractivity contribution < 1.29 is 13.2 Å². The Morgan fingerprint density at radius 2 is 1.86 bits per heavy atom. The van der Waals surface area contributed by atoms with Crippen molar-refractivity contribution in [2.45, 2.75) is 25.1 Å². The van der Waals surface area contributed by atoms with E-state index >= 15 is 0 Å². The van der Waals surface area contributed by atoms with Gasteiger partial charge in [-0.05, 0) is 36.4 Å². The van der Waals surface area contributed by atoms with Crippen LogP contribution in [0, 0.1) is 45.3 Å². The molecule has 1 heterocycles. The van der Waals surface area contributed by atoms with Crippen molar-refractivity contribution in [1.29, 1.82) is 15.8 Å². The van der Waals surface area contributed by atoms with Crippen LogP contribution in [0.4, 0.5) is 13.2 Å². The largest absolute Gasteiger partial charge is 0.416 e. The van der Waals surface area contributed by atoms with Crippen LogP contribution in [0.5, 0.6) is 0 Å². The lowest BCUT2D eigenvalue weighted by Gasteiger charge is -2.47. The summed E-state index contributed by atoms with van der Waals surface area (Å²) in [5.74, 6) is -1.80. The number of nitrogens with zero attached hydrogens (tertiary/aromatic N) is 4. The van der Waals surface area contributed by atoms with E-state index in [0.717, 1.165) is 6.07 Å². The van der Waals surface area contributed by atoms with Gasteiger partial charge in [-0.15, -0.1) is 0 Å². The number of halogens is 3. The van der Waals surface area contributed by atoms with Crippen molar-refractivity contribution in [3.05, 3.63) is 58.8 Å². The van der Waals surface area contributed by atoms with E-state index in [0.29, 0.717) is 12.1 Å². The minimum Gasteiger partial charge on any atom is -0.377 e. The molecule has 0 bridgehead atoms. The van der Waals surface area contributed by atoms with Crippen molar-refractivity contribution >= 4 is 0 Å². The van der Waals surface area contributed by atoms with E-state index in [1.807, 2.05) is 30.0 Å². The van der Waals surface area contributed by atoms with Gasteiger partial charge >= 0.3 is 6.18 Å². The molecule has 1 aromatic rings. The van der Waals surface area contributed by atoms with Crippen molar-refractivity contribution in [2.24, 2.45) is 17.1 Å². The number of nitriles is 3. The van der Waals surface area contributed by atoms with Gasteiger partial charge in [-0.25, -0.2) is 0 Å². The van der Waals surface area contributed by atoms with Gasteiger partial charge in [0.2, 0.25) is 0 Å². The minimum atomic E-state index is -4.66. The number of hydrogen-bond acceptors (Lipinski definition) is 5. The summed E-state index contributed by atoms with van der Waals surface area (Å²) in [6.45, 7) is 2.76. The van der Waals surface area contributed by atoms with Crippen LogP contribution in [-0.4, -0.2) is 24.0 Å². The monoisotopic (exact) mass is 397 g/mol. The summed E-state index contributed by atoms with van der Waals surface area (Å²) in [7, 11) is 0. The predicted octanol–water partition coefficient (Wildman–Crippen LogP) is 3.45. The van der Waals surface area contributed by atoms with Gasteiger partial charge in [0.25, 0.3) is 0 Å². The average molecular weight is 397 g/mol. The summed E-state index contributed by atoms with van der Waals surface area (Å²) in [5.41, 5.74) is 3.71. The topological polar surface area (TPSA) is 101 Å². The molecule has 1 aliphatic carbocycles. The first-order valence-corrected chi connectivity index (χ1v) is 9.05. The van der Waals surface area contributed by atoms with Gasteiger partial charge in [-0.1, -0.05) is 18.2 Å². The molecule has 3 rings (SSSR count). The Kier molecular flexibility index (Phi) is 5.13. The molecule has 2 aliphatic rings. The highest BCUT2D eigenvalue weighted by molar-refractivity contribution is 5.54. The fraction of sp³-hybridized carbons (Fsp3) is 0.381. The first kappa shape index (κ1) is 20.5. The van der Waals surface area contributed by atoms with E-state index in [-0.39, 0.29) is 17.7 Å². The molecule has 5 nitrogen and oxygen atoms in total. The second-order valence-electron chi connectivity index (χ2n) is 7.12. The Bertz CT molecular complexity index is 989. The predicted molar refractivity (Wildman–Crippen MR) is 98.3 cm³/mol.